The van der Waals surface area contributed by atoms with Crippen molar-refractivity contribution in [1.82, 2.24) is 4.98 Å². The zero-order chi connectivity index (χ0) is 12.8. The van der Waals surface area contributed by atoms with Crippen LogP contribution < -0.4 is 0 Å². The number of hydrogen-bond donors (Lipinski definition) is 1. The lowest BCUT2D eigenvalue weighted by molar-refractivity contribution is 0.0697. The third-order valence-corrected chi connectivity index (χ3v) is 2.42. The van der Waals surface area contributed by atoms with Gasteiger partial charge < -0.3 is 5.11 Å². The van der Waals surface area contributed by atoms with E-state index in [1.54, 1.807) is 42.9 Å². The zero-order valence-corrected chi connectivity index (χ0v) is 9.65. The molecule has 1 aromatic carbocycles. The van der Waals surface area contributed by atoms with E-state index in [0.29, 0.717) is 6.54 Å². The van der Waals surface area contributed by atoms with Gasteiger partial charge in [0.15, 0.2) is 0 Å². The lowest BCUT2D eigenvalue weighted by Gasteiger charge is -1.98. The summed E-state index contributed by atoms with van der Waals surface area (Å²) >= 11 is 0. The molecule has 2 rings (SSSR count). The van der Waals surface area contributed by atoms with Crippen molar-refractivity contribution in [3.63, 3.8) is 0 Å². The Bertz CT molecular complexity index is 548. The minimum Gasteiger partial charge on any atom is -0.478 e. The molecule has 90 valence electrons. The highest BCUT2D eigenvalue weighted by molar-refractivity contribution is 5.87. The standard InChI is InChI=1S/C14H12N2O2/c17-14(18)13-3-1-11(2-4-13)9-16-10-12-5-7-15-8-6-12/h1-8,10H,9H2,(H,17,18). The third kappa shape index (κ3) is 3.25. The first-order valence-electron chi connectivity index (χ1n) is 5.48. The number of aliphatic imine (C=N–C) groups is 1. The van der Waals surface area contributed by atoms with E-state index in [-0.39, 0.29) is 5.56 Å². The molecule has 0 saturated carbocycles. The van der Waals surface area contributed by atoms with Crippen LogP contribution in [0.25, 0.3) is 0 Å². The molecule has 0 atom stereocenters. The molecule has 1 N–H and O–H groups in total. The highest BCUT2D eigenvalue weighted by atomic mass is 16.4. The fourth-order valence-electron chi connectivity index (χ4n) is 1.46. The maximum absolute atomic E-state index is 10.7. The Kier molecular flexibility index (Phi) is 3.81. The molecule has 0 radical (unpaired) electrons. The number of nitrogens with zero attached hydrogens (tertiary/aromatic N) is 2. The van der Waals surface area contributed by atoms with E-state index in [2.05, 4.69) is 9.98 Å². The first kappa shape index (κ1) is 12.0. The van der Waals surface area contributed by atoms with Crippen LogP contribution in [0.4, 0.5) is 0 Å². The number of carbonyl (C=O) groups is 1. The van der Waals surface area contributed by atoms with Crippen LogP contribution in [0.1, 0.15) is 21.5 Å². The predicted octanol–water partition coefficient (Wildman–Crippen LogP) is 2.40. The molecule has 0 fully saturated rings. The Morgan fingerprint density at radius 3 is 2.44 bits per heavy atom. The molecule has 0 unspecified atom stereocenters. The molecule has 2 aromatic rings. The summed E-state index contributed by atoms with van der Waals surface area (Å²) in [7, 11) is 0. The number of pyridine rings is 1. The molecule has 4 nitrogen and oxygen atoms in total. The molecular weight excluding hydrogens is 228 g/mol. The van der Waals surface area contributed by atoms with E-state index in [0.717, 1.165) is 11.1 Å². The van der Waals surface area contributed by atoms with Gasteiger partial charge in [-0.3, -0.25) is 9.98 Å². The molecular formula is C14H12N2O2. The topological polar surface area (TPSA) is 62.5 Å². The van der Waals surface area contributed by atoms with Crippen LogP contribution in [-0.4, -0.2) is 22.3 Å². The average molecular weight is 240 g/mol. The molecule has 0 amide bonds. The summed E-state index contributed by atoms with van der Waals surface area (Å²) in [5.74, 6) is -0.915. The first-order chi connectivity index (χ1) is 8.75. The highest BCUT2D eigenvalue weighted by Crippen LogP contribution is 2.05. The van der Waals surface area contributed by atoms with E-state index in [4.69, 9.17) is 5.11 Å². The van der Waals surface area contributed by atoms with Crippen LogP contribution in [0.2, 0.25) is 0 Å². The quantitative estimate of drug-likeness (QED) is 0.834. The van der Waals surface area contributed by atoms with Crippen molar-refractivity contribution in [2.75, 3.05) is 0 Å². The molecule has 0 bridgehead atoms. The van der Waals surface area contributed by atoms with Crippen molar-refractivity contribution < 1.29 is 9.90 Å². The molecule has 0 saturated heterocycles. The van der Waals surface area contributed by atoms with Gasteiger partial charge in [-0.15, -0.1) is 0 Å². The van der Waals surface area contributed by atoms with E-state index in [9.17, 15) is 4.79 Å². The van der Waals surface area contributed by atoms with Crippen molar-refractivity contribution in [1.29, 1.82) is 0 Å². The summed E-state index contributed by atoms with van der Waals surface area (Å²) < 4.78 is 0. The van der Waals surface area contributed by atoms with Gasteiger partial charge in [0, 0.05) is 18.6 Å². The summed E-state index contributed by atoms with van der Waals surface area (Å²) in [6.45, 7) is 0.530. The molecule has 1 aromatic heterocycles. The third-order valence-electron chi connectivity index (χ3n) is 2.42. The monoisotopic (exact) mass is 240 g/mol. The molecule has 18 heavy (non-hydrogen) atoms. The minimum atomic E-state index is -0.915. The Morgan fingerprint density at radius 1 is 1.17 bits per heavy atom. The Morgan fingerprint density at radius 2 is 1.83 bits per heavy atom. The predicted molar refractivity (Wildman–Crippen MR) is 68.9 cm³/mol. The van der Waals surface area contributed by atoms with Crippen molar-refractivity contribution in [3.8, 4) is 0 Å². The average Bonchev–Trinajstić information content (AvgIpc) is 2.40. The number of aromatic carboxylic acids is 1. The Balaban J connectivity index is 1.98. The van der Waals surface area contributed by atoms with Gasteiger partial charge in [0.25, 0.3) is 0 Å². The van der Waals surface area contributed by atoms with Gasteiger partial charge in [0.2, 0.25) is 0 Å². The molecule has 0 aliphatic heterocycles. The first-order valence-corrected chi connectivity index (χ1v) is 5.48. The van der Waals surface area contributed by atoms with E-state index in [1.165, 1.54) is 0 Å². The van der Waals surface area contributed by atoms with Gasteiger partial charge in [-0.1, -0.05) is 12.1 Å². The van der Waals surface area contributed by atoms with Crippen LogP contribution in [0.5, 0.6) is 0 Å². The highest BCUT2D eigenvalue weighted by Gasteiger charge is 2.00. The van der Waals surface area contributed by atoms with Gasteiger partial charge in [-0.25, -0.2) is 4.79 Å². The van der Waals surface area contributed by atoms with Gasteiger partial charge in [0.05, 0.1) is 12.1 Å². The SMILES string of the molecule is O=C(O)c1ccc(CN=Cc2ccncc2)cc1. The summed E-state index contributed by atoms with van der Waals surface area (Å²) in [6.07, 6.45) is 5.19. The van der Waals surface area contributed by atoms with Gasteiger partial charge in [0.1, 0.15) is 0 Å². The van der Waals surface area contributed by atoms with Crippen LogP contribution in [0.15, 0.2) is 53.8 Å². The number of carboxylic acids is 1. The minimum absolute atomic E-state index is 0.289. The van der Waals surface area contributed by atoms with Crippen LogP contribution >= 0.6 is 0 Å². The fourth-order valence-corrected chi connectivity index (χ4v) is 1.46. The summed E-state index contributed by atoms with van der Waals surface area (Å²) in [5.41, 5.74) is 2.26. The fraction of sp³-hybridized carbons (Fsp3) is 0.0714. The van der Waals surface area contributed by atoms with Gasteiger partial charge in [-0.05, 0) is 35.4 Å². The lowest BCUT2D eigenvalue weighted by Crippen LogP contribution is -1.95. The lowest BCUT2D eigenvalue weighted by atomic mass is 10.1. The van der Waals surface area contributed by atoms with E-state index >= 15 is 0 Å². The zero-order valence-electron chi connectivity index (χ0n) is 9.65. The maximum Gasteiger partial charge on any atom is 0.335 e. The second-order valence-electron chi connectivity index (χ2n) is 3.75. The smallest absolute Gasteiger partial charge is 0.335 e. The Labute approximate surface area is 105 Å². The normalized spacial score (nSPS) is 10.7. The second-order valence-corrected chi connectivity index (χ2v) is 3.75. The molecule has 4 heteroatoms. The van der Waals surface area contributed by atoms with E-state index in [1.807, 2.05) is 12.1 Å². The molecule has 0 spiro atoms. The Hall–Kier alpha value is -2.49. The van der Waals surface area contributed by atoms with Gasteiger partial charge in [-0.2, -0.15) is 0 Å². The van der Waals surface area contributed by atoms with Crippen molar-refractivity contribution in [3.05, 3.63) is 65.5 Å². The van der Waals surface area contributed by atoms with Crippen LogP contribution in [0, 0.1) is 0 Å². The number of carboxylic acid groups (broad SMARTS) is 1. The van der Waals surface area contributed by atoms with Crippen LogP contribution in [-0.2, 0) is 6.54 Å². The van der Waals surface area contributed by atoms with Crippen LogP contribution in [0.3, 0.4) is 0 Å². The molecule has 1 heterocycles. The molecule has 0 aliphatic rings. The largest absolute Gasteiger partial charge is 0.478 e. The number of rotatable bonds is 4. The molecule has 0 aliphatic carbocycles. The van der Waals surface area contributed by atoms with Crippen molar-refractivity contribution in [2.45, 2.75) is 6.54 Å². The summed E-state index contributed by atoms with van der Waals surface area (Å²) in [6, 6.07) is 10.5. The van der Waals surface area contributed by atoms with E-state index < -0.39 is 5.97 Å². The van der Waals surface area contributed by atoms with Crippen molar-refractivity contribution in [2.24, 2.45) is 4.99 Å². The number of aromatic nitrogens is 1. The van der Waals surface area contributed by atoms with Crippen molar-refractivity contribution >= 4 is 12.2 Å². The maximum atomic E-state index is 10.7. The summed E-state index contributed by atoms with van der Waals surface area (Å²) in [4.78, 5) is 18.9. The summed E-state index contributed by atoms with van der Waals surface area (Å²) in [5, 5.41) is 8.76. The second kappa shape index (κ2) is 5.72. The number of hydrogen-bond acceptors (Lipinski definition) is 3. The van der Waals surface area contributed by atoms with Gasteiger partial charge >= 0.3 is 5.97 Å². The number of benzene rings is 1.